The van der Waals surface area contributed by atoms with Crippen molar-refractivity contribution in [3.8, 4) is 0 Å². The van der Waals surface area contributed by atoms with Gasteiger partial charge in [0.15, 0.2) is 0 Å². The molecule has 0 spiro atoms. The SMILES string of the molecule is CCCCCC(C(F)c1ccc2ccccc2c1)C(F)(F)F. The Balaban J connectivity index is 2.25. The minimum absolute atomic E-state index is 0.109. The van der Waals surface area contributed by atoms with Gasteiger partial charge in [0, 0.05) is 0 Å². The predicted molar refractivity (Wildman–Crippen MR) is 81.5 cm³/mol. The maximum absolute atomic E-state index is 14.5. The summed E-state index contributed by atoms with van der Waals surface area (Å²) in [5.74, 6) is -1.93. The molecule has 0 nitrogen and oxygen atoms in total. The fraction of sp³-hybridized carbons (Fsp3) is 0.444. The van der Waals surface area contributed by atoms with Crippen LogP contribution in [-0.2, 0) is 0 Å². The molecule has 0 aromatic heterocycles. The Morgan fingerprint density at radius 3 is 2.27 bits per heavy atom. The third-order valence-electron chi connectivity index (χ3n) is 3.98. The van der Waals surface area contributed by atoms with Crippen molar-refractivity contribution in [3.63, 3.8) is 0 Å². The summed E-state index contributed by atoms with van der Waals surface area (Å²) in [6.45, 7) is 1.92. The standard InChI is InChI=1S/C18H20F4/c1-2-3-4-9-16(18(20,21)22)17(19)15-11-10-13-7-5-6-8-14(13)12-15/h5-8,10-12,16-17H,2-4,9H2,1H3. The van der Waals surface area contributed by atoms with Crippen LogP contribution in [-0.4, -0.2) is 6.18 Å². The number of hydrogen-bond donors (Lipinski definition) is 0. The van der Waals surface area contributed by atoms with Gasteiger partial charge in [0.25, 0.3) is 0 Å². The lowest BCUT2D eigenvalue weighted by molar-refractivity contribution is -0.194. The van der Waals surface area contributed by atoms with Gasteiger partial charge in [-0.1, -0.05) is 62.6 Å². The maximum Gasteiger partial charge on any atom is 0.394 e. The molecule has 0 aliphatic rings. The van der Waals surface area contributed by atoms with Gasteiger partial charge in [-0.2, -0.15) is 13.2 Å². The summed E-state index contributed by atoms with van der Waals surface area (Å²) in [7, 11) is 0. The Morgan fingerprint density at radius 1 is 0.955 bits per heavy atom. The molecule has 2 aromatic carbocycles. The molecule has 0 radical (unpaired) electrons. The zero-order valence-electron chi connectivity index (χ0n) is 12.5. The highest BCUT2D eigenvalue weighted by atomic mass is 19.4. The van der Waals surface area contributed by atoms with Crippen LogP contribution in [0.25, 0.3) is 10.8 Å². The van der Waals surface area contributed by atoms with Gasteiger partial charge in [-0.05, 0) is 28.8 Å². The van der Waals surface area contributed by atoms with Crippen LogP contribution in [0.5, 0.6) is 0 Å². The van der Waals surface area contributed by atoms with Crippen molar-refractivity contribution in [2.75, 3.05) is 0 Å². The molecule has 0 N–H and O–H groups in total. The number of hydrogen-bond acceptors (Lipinski definition) is 0. The summed E-state index contributed by atoms with van der Waals surface area (Å²) in [6.07, 6.45) is -4.78. The van der Waals surface area contributed by atoms with Gasteiger partial charge in [-0.15, -0.1) is 0 Å². The van der Waals surface area contributed by atoms with E-state index in [1.54, 1.807) is 18.2 Å². The fourth-order valence-electron chi connectivity index (χ4n) is 2.70. The van der Waals surface area contributed by atoms with E-state index in [1.807, 2.05) is 19.1 Å². The number of halogens is 4. The molecule has 0 fully saturated rings. The van der Waals surface area contributed by atoms with E-state index >= 15 is 0 Å². The van der Waals surface area contributed by atoms with Gasteiger partial charge >= 0.3 is 6.18 Å². The van der Waals surface area contributed by atoms with Crippen molar-refractivity contribution in [1.29, 1.82) is 0 Å². The van der Waals surface area contributed by atoms with Crippen molar-refractivity contribution < 1.29 is 17.6 Å². The van der Waals surface area contributed by atoms with Crippen LogP contribution < -0.4 is 0 Å². The molecule has 2 rings (SSSR count). The number of unbranched alkanes of at least 4 members (excludes halogenated alkanes) is 2. The van der Waals surface area contributed by atoms with Crippen LogP contribution in [0.1, 0.15) is 44.3 Å². The van der Waals surface area contributed by atoms with Crippen molar-refractivity contribution in [2.45, 2.75) is 45.0 Å². The first-order valence-corrected chi connectivity index (χ1v) is 7.63. The molecule has 0 heterocycles. The third-order valence-corrected chi connectivity index (χ3v) is 3.98. The highest BCUT2D eigenvalue weighted by molar-refractivity contribution is 5.83. The molecule has 2 atom stereocenters. The first-order valence-electron chi connectivity index (χ1n) is 7.63. The van der Waals surface area contributed by atoms with E-state index in [0.717, 1.165) is 17.2 Å². The van der Waals surface area contributed by atoms with Crippen LogP contribution in [0.4, 0.5) is 17.6 Å². The molecule has 2 unspecified atom stereocenters. The quantitative estimate of drug-likeness (QED) is 0.416. The van der Waals surface area contributed by atoms with E-state index in [9.17, 15) is 17.6 Å². The summed E-state index contributed by atoms with van der Waals surface area (Å²) in [5.41, 5.74) is 0.109. The predicted octanol–water partition coefficient (Wildman–Crippen LogP) is 6.61. The van der Waals surface area contributed by atoms with E-state index in [1.165, 1.54) is 12.1 Å². The Kier molecular flexibility index (Phi) is 5.43. The molecule has 4 heteroatoms. The third kappa shape index (κ3) is 3.99. The highest BCUT2D eigenvalue weighted by Crippen LogP contribution is 2.42. The van der Waals surface area contributed by atoms with Gasteiger partial charge < -0.3 is 0 Å². The van der Waals surface area contributed by atoms with Crippen LogP contribution in [0.2, 0.25) is 0 Å². The Bertz CT molecular complexity index is 603. The number of alkyl halides is 4. The van der Waals surface area contributed by atoms with Gasteiger partial charge in [0.05, 0.1) is 5.92 Å². The smallest absolute Gasteiger partial charge is 0.242 e. The zero-order valence-corrected chi connectivity index (χ0v) is 12.5. The van der Waals surface area contributed by atoms with Gasteiger partial charge in [-0.25, -0.2) is 4.39 Å². The van der Waals surface area contributed by atoms with Gasteiger partial charge in [-0.3, -0.25) is 0 Å². The second-order valence-corrected chi connectivity index (χ2v) is 5.65. The summed E-state index contributed by atoms with van der Waals surface area (Å²) < 4.78 is 54.0. The molecule has 0 saturated carbocycles. The number of fused-ring (bicyclic) bond motifs is 1. The average molecular weight is 312 g/mol. The number of rotatable bonds is 6. The summed E-state index contributed by atoms with van der Waals surface area (Å²) in [4.78, 5) is 0. The molecule has 0 saturated heterocycles. The lowest BCUT2D eigenvalue weighted by atomic mass is 9.90. The van der Waals surface area contributed by atoms with Crippen LogP contribution >= 0.6 is 0 Å². The van der Waals surface area contributed by atoms with Crippen molar-refractivity contribution >= 4 is 10.8 Å². The molecule has 0 aliphatic carbocycles. The second kappa shape index (κ2) is 7.12. The van der Waals surface area contributed by atoms with Crippen molar-refractivity contribution in [2.24, 2.45) is 5.92 Å². The molecule has 120 valence electrons. The Labute approximate surface area is 128 Å². The average Bonchev–Trinajstić information content (AvgIpc) is 2.49. The molecule has 0 amide bonds. The highest BCUT2D eigenvalue weighted by Gasteiger charge is 2.45. The zero-order chi connectivity index (χ0) is 16.2. The normalized spacial score (nSPS) is 15.0. The molecule has 2 aromatic rings. The lowest BCUT2D eigenvalue weighted by Crippen LogP contribution is -2.27. The molecule has 0 bridgehead atoms. The molecule has 22 heavy (non-hydrogen) atoms. The van der Waals surface area contributed by atoms with Crippen LogP contribution in [0, 0.1) is 5.92 Å². The van der Waals surface area contributed by atoms with Gasteiger partial charge in [0.2, 0.25) is 0 Å². The summed E-state index contributed by atoms with van der Waals surface area (Å²) in [6, 6.07) is 11.9. The largest absolute Gasteiger partial charge is 0.394 e. The lowest BCUT2D eigenvalue weighted by Gasteiger charge is -2.24. The topological polar surface area (TPSA) is 0 Å². The minimum Gasteiger partial charge on any atom is -0.242 e. The molecule has 0 aliphatic heterocycles. The van der Waals surface area contributed by atoms with Crippen LogP contribution in [0.3, 0.4) is 0 Å². The summed E-state index contributed by atoms with van der Waals surface area (Å²) >= 11 is 0. The molecular formula is C18H20F4. The van der Waals surface area contributed by atoms with E-state index in [0.29, 0.717) is 12.8 Å². The molecular weight excluding hydrogens is 292 g/mol. The van der Waals surface area contributed by atoms with E-state index in [2.05, 4.69) is 0 Å². The number of benzene rings is 2. The minimum atomic E-state index is -4.52. The Morgan fingerprint density at radius 2 is 1.64 bits per heavy atom. The second-order valence-electron chi connectivity index (χ2n) is 5.65. The van der Waals surface area contributed by atoms with Crippen molar-refractivity contribution in [1.82, 2.24) is 0 Å². The van der Waals surface area contributed by atoms with Gasteiger partial charge in [0.1, 0.15) is 6.17 Å². The van der Waals surface area contributed by atoms with Crippen molar-refractivity contribution in [3.05, 3.63) is 48.0 Å². The monoisotopic (exact) mass is 312 g/mol. The first kappa shape index (κ1) is 16.8. The van der Waals surface area contributed by atoms with E-state index in [-0.39, 0.29) is 12.0 Å². The fourth-order valence-corrected chi connectivity index (χ4v) is 2.70. The van der Waals surface area contributed by atoms with Crippen LogP contribution in [0.15, 0.2) is 42.5 Å². The summed E-state index contributed by atoms with van der Waals surface area (Å²) in [5, 5.41) is 1.66. The Hall–Kier alpha value is -1.58. The van der Waals surface area contributed by atoms with E-state index in [4.69, 9.17) is 0 Å². The van der Waals surface area contributed by atoms with E-state index < -0.39 is 18.3 Å². The maximum atomic E-state index is 14.5. The first-order chi connectivity index (χ1) is 10.4.